The second-order valence-corrected chi connectivity index (χ2v) is 8.56. The van der Waals surface area contributed by atoms with E-state index >= 15 is 0 Å². The molecule has 2 aromatic carbocycles. The van der Waals surface area contributed by atoms with Crippen LogP contribution in [0.4, 0.5) is 5.69 Å². The number of anilines is 1. The Labute approximate surface area is 190 Å². The number of rotatable bonds is 5. The quantitative estimate of drug-likeness (QED) is 0.688. The van der Waals surface area contributed by atoms with E-state index in [0.717, 1.165) is 48.7 Å². The van der Waals surface area contributed by atoms with E-state index in [-0.39, 0.29) is 23.8 Å². The molecule has 6 nitrogen and oxygen atoms in total. The molecule has 0 bridgehead atoms. The fourth-order valence-corrected chi connectivity index (χ4v) is 4.91. The summed E-state index contributed by atoms with van der Waals surface area (Å²) in [4.78, 5) is 30.8. The van der Waals surface area contributed by atoms with Crippen molar-refractivity contribution in [2.45, 2.75) is 44.6 Å². The summed E-state index contributed by atoms with van der Waals surface area (Å²) in [5.74, 6) is 1.41. The van der Waals surface area contributed by atoms with E-state index in [1.54, 1.807) is 14.2 Å². The molecule has 2 aliphatic rings. The number of carbonyl (C=O) groups is 2. The molecule has 2 aliphatic heterocycles. The van der Waals surface area contributed by atoms with Crippen LogP contribution in [0.1, 0.15) is 50.1 Å². The van der Waals surface area contributed by atoms with Crippen LogP contribution in [0.3, 0.4) is 0 Å². The van der Waals surface area contributed by atoms with Crippen LogP contribution < -0.4 is 14.4 Å². The normalized spacial score (nSPS) is 21.8. The summed E-state index contributed by atoms with van der Waals surface area (Å²) >= 11 is 0. The second kappa shape index (κ2) is 10.1. The van der Waals surface area contributed by atoms with Gasteiger partial charge in [-0.05, 0) is 61.2 Å². The van der Waals surface area contributed by atoms with Crippen LogP contribution in [0.15, 0.2) is 48.5 Å². The summed E-state index contributed by atoms with van der Waals surface area (Å²) < 4.78 is 10.6. The first-order valence-electron chi connectivity index (χ1n) is 11.5. The third-order valence-corrected chi connectivity index (χ3v) is 6.64. The number of carbonyl (C=O) groups excluding carboxylic acids is 2. The van der Waals surface area contributed by atoms with E-state index in [1.165, 1.54) is 12.8 Å². The molecule has 6 heteroatoms. The highest BCUT2D eigenvalue weighted by molar-refractivity contribution is 5.97. The van der Waals surface area contributed by atoms with Crippen LogP contribution in [0, 0.1) is 5.92 Å². The van der Waals surface area contributed by atoms with Crippen molar-refractivity contribution in [3.63, 3.8) is 0 Å². The van der Waals surface area contributed by atoms with Crippen molar-refractivity contribution >= 4 is 17.5 Å². The van der Waals surface area contributed by atoms with Gasteiger partial charge in [0, 0.05) is 25.2 Å². The molecule has 4 rings (SSSR count). The number of ether oxygens (including phenoxy) is 2. The first-order chi connectivity index (χ1) is 15.6. The molecular formula is C26H32N2O4. The zero-order valence-corrected chi connectivity index (χ0v) is 19.0. The minimum atomic E-state index is -0.355. The Bertz CT molecular complexity index is 918. The summed E-state index contributed by atoms with van der Waals surface area (Å²) in [7, 11) is 3.26. The van der Waals surface area contributed by atoms with Gasteiger partial charge in [-0.25, -0.2) is 0 Å². The number of nitrogens with zero attached hydrogens (tertiary/aromatic N) is 2. The van der Waals surface area contributed by atoms with Gasteiger partial charge in [0.15, 0.2) is 0 Å². The molecule has 170 valence electrons. The summed E-state index contributed by atoms with van der Waals surface area (Å²) in [5.41, 5.74) is 1.73. The van der Waals surface area contributed by atoms with Crippen molar-refractivity contribution < 1.29 is 19.1 Å². The van der Waals surface area contributed by atoms with Crippen LogP contribution in [0.5, 0.6) is 11.5 Å². The zero-order chi connectivity index (χ0) is 22.5. The van der Waals surface area contributed by atoms with E-state index in [4.69, 9.17) is 9.47 Å². The Balaban J connectivity index is 1.73. The zero-order valence-electron chi connectivity index (χ0n) is 19.0. The average Bonchev–Trinajstić information content (AvgIpc) is 3.13. The first kappa shape index (κ1) is 22.2. The molecule has 2 heterocycles. The third-order valence-electron chi connectivity index (χ3n) is 6.64. The highest BCUT2D eigenvalue weighted by Gasteiger charge is 2.42. The fraction of sp³-hybridized carbons (Fsp3) is 0.462. The summed E-state index contributed by atoms with van der Waals surface area (Å²) in [6.07, 6.45) is 5.37. The van der Waals surface area contributed by atoms with Gasteiger partial charge in [-0.2, -0.15) is 0 Å². The predicted molar refractivity (Wildman–Crippen MR) is 124 cm³/mol. The van der Waals surface area contributed by atoms with E-state index in [1.807, 2.05) is 58.3 Å². The fourth-order valence-electron chi connectivity index (χ4n) is 4.91. The van der Waals surface area contributed by atoms with Gasteiger partial charge in [0.25, 0.3) is 0 Å². The highest BCUT2D eigenvalue weighted by Crippen LogP contribution is 2.41. The molecule has 2 atom stereocenters. The van der Waals surface area contributed by atoms with E-state index in [9.17, 15) is 9.59 Å². The maximum Gasteiger partial charge on any atom is 0.228 e. The van der Waals surface area contributed by atoms with Gasteiger partial charge in [-0.3, -0.25) is 9.59 Å². The van der Waals surface area contributed by atoms with Crippen LogP contribution >= 0.6 is 0 Å². The van der Waals surface area contributed by atoms with Crippen LogP contribution in [-0.2, 0) is 9.59 Å². The Kier molecular flexibility index (Phi) is 6.98. The first-order valence-corrected chi connectivity index (χ1v) is 11.5. The second-order valence-electron chi connectivity index (χ2n) is 8.56. The van der Waals surface area contributed by atoms with Crippen molar-refractivity contribution in [3.05, 3.63) is 54.1 Å². The minimum absolute atomic E-state index is 0.0379. The van der Waals surface area contributed by atoms with Crippen LogP contribution in [0.2, 0.25) is 0 Å². The molecule has 32 heavy (non-hydrogen) atoms. The lowest BCUT2D eigenvalue weighted by molar-refractivity contribution is -0.138. The van der Waals surface area contributed by atoms with Crippen molar-refractivity contribution in [2.24, 2.45) is 5.92 Å². The third kappa shape index (κ3) is 4.59. The Hall–Kier alpha value is -3.02. The van der Waals surface area contributed by atoms with Crippen molar-refractivity contribution in [1.29, 1.82) is 0 Å². The van der Waals surface area contributed by atoms with E-state index in [0.29, 0.717) is 12.8 Å². The topological polar surface area (TPSA) is 59.1 Å². The number of amides is 2. The standard InChI is InChI=1S/C26H32N2O4/c1-31-21-11-7-19(8-12-21)25-23(26(30)27-17-5-3-4-6-18-27)15-16-24(29)28(25)20-9-13-22(32-2)14-10-20/h7-14,23,25H,3-6,15-18H2,1-2H3. The number of hydrogen-bond acceptors (Lipinski definition) is 4. The number of hydrogen-bond donors (Lipinski definition) is 0. The Morgan fingerprint density at radius 3 is 1.97 bits per heavy atom. The maximum absolute atomic E-state index is 13.7. The molecule has 2 saturated heterocycles. The summed E-state index contributed by atoms with van der Waals surface area (Å²) in [6.45, 7) is 1.61. The Morgan fingerprint density at radius 1 is 0.844 bits per heavy atom. The largest absolute Gasteiger partial charge is 0.497 e. The van der Waals surface area contributed by atoms with Gasteiger partial charge in [-0.15, -0.1) is 0 Å². The van der Waals surface area contributed by atoms with E-state index in [2.05, 4.69) is 0 Å². The molecule has 0 aliphatic carbocycles. The lowest BCUT2D eigenvalue weighted by Crippen LogP contribution is -2.49. The number of benzene rings is 2. The van der Waals surface area contributed by atoms with Gasteiger partial charge in [0.2, 0.25) is 11.8 Å². The molecule has 0 spiro atoms. The minimum Gasteiger partial charge on any atom is -0.497 e. The van der Waals surface area contributed by atoms with Gasteiger partial charge >= 0.3 is 0 Å². The van der Waals surface area contributed by atoms with Crippen molar-refractivity contribution in [3.8, 4) is 11.5 Å². The summed E-state index contributed by atoms with van der Waals surface area (Å²) in [5, 5.41) is 0. The number of likely N-dealkylation sites (tertiary alicyclic amines) is 1. The summed E-state index contributed by atoms with van der Waals surface area (Å²) in [6, 6.07) is 14.9. The smallest absolute Gasteiger partial charge is 0.228 e. The molecule has 0 radical (unpaired) electrons. The van der Waals surface area contributed by atoms with Crippen molar-refractivity contribution in [2.75, 3.05) is 32.2 Å². The lowest BCUT2D eigenvalue weighted by atomic mass is 9.82. The number of methoxy groups -OCH3 is 2. The predicted octanol–water partition coefficient (Wildman–Crippen LogP) is 4.59. The molecular weight excluding hydrogens is 404 g/mol. The molecule has 2 amide bonds. The van der Waals surface area contributed by atoms with Crippen molar-refractivity contribution in [1.82, 2.24) is 4.90 Å². The average molecular weight is 437 g/mol. The van der Waals surface area contributed by atoms with Crippen LogP contribution in [-0.4, -0.2) is 44.0 Å². The SMILES string of the molecule is COc1ccc(C2C(C(=O)N3CCCCCC3)CCC(=O)N2c2ccc(OC)cc2)cc1. The van der Waals surface area contributed by atoms with Gasteiger partial charge in [0.1, 0.15) is 11.5 Å². The Morgan fingerprint density at radius 2 is 1.41 bits per heavy atom. The molecule has 2 fully saturated rings. The maximum atomic E-state index is 13.7. The molecule has 0 saturated carbocycles. The monoisotopic (exact) mass is 436 g/mol. The highest BCUT2D eigenvalue weighted by atomic mass is 16.5. The van der Waals surface area contributed by atoms with E-state index < -0.39 is 0 Å². The molecule has 0 aromatic heterocycles. The number of piperidine rings is 1. The lowest BCUT2D eigenvalue weighted by Gasteiger charge is -2.42. The molecule has 2 unspecified atom stereocenters. The van der Waals surface area contributed by atoms with Gasteiger partial charge < -0.3 is 19.3 Å². The van der Waals surface area contributed by atoms with Gasteiger partial charge in [-0.1, -0.05) is 25.0 Å². The molecule has 0 N–H and O–H groups in total. The molecule has 2 aromatic rings. The van der Waals surface area contributed by atoms with Crippen LogP contribution in [0.25, 0.3) is 0 Å². The van der Waals surface area contributed by atoms with Gasteiger partial charge in [0.05, 0.1) is 26.2 Å².